The number of H-pyrrole nitrogens is 2. The molecule has 1 saturated carbocycles. The Bertz CT molecular complexity index is 1190. The maximum atomic E-state index is 14.9. The quantitative estimate of drug-likeness (QED) is 0.408. The average Bonchev–Trinajstić information content (AvgIpc) is 3.40. The fourth-order valence-electron chi connectivity index (χ4n) is 5.20. The Morgan fingerprint density at radius 1 is 1.07 bits per heavy atom. The molecule has 2 unspecified atom stereocenters. The summed E-state index contributed by atoms with van der Waals surface area (Å²) in [5, 5.41) is 19.6. The molecule has 7 heteroatoms. The lowest BCUT2D eigenvalue weighted by atomic mass is 9.76. The number of nitrogens with one attached hydrogen (secondary N) is 3. The van der Waals surface area contributed by atoms with Crippen LogP contribution in [0.1, 0.15) is 42.3 Å². The van der Waals surface area contributed by atoms with E-state index in [2.05, 4.69) is 37.8 Å². The third-order valence-electron chi connectivity index (χ3n) is 6.38. The fraction of sp³-hybridized carbons (Fsp3) is 0.300. The Balaban J connectivity index is 1.54. The van der Waals surface area contributed by atoms with Crippen molar-refractivity contribution in [2.75, 3.05) is 11.1 Å². The van der Waals surface area contributed by atoms with E-state index in [0.717, 1.165) is 52.2 Å². The van der Waals surface area contributed by atoms with Crippen LogP contribution in [-0.2, 0) is 0 Å². The van der Waals surface area contributed by atoms with E-state index in [1.54, 1.807) is 0 Å². The summed E-state index contributed by atoms with van der Waals surface area (Å²) in [7, 11) is 0. The molecule has 2 aromatic carbocycles. The van der Waals surface area contributed by atoms with E-state index in [0.29, 0.717) is 23.3 Å². The molecule has 3 atom stereocenters. The Hall–Kier alpha value is -3.09. The second kappa shape index (κ2) is 5.22. The molecule has 0 radical (unpaired) electrons. The van der Waals surface area contributed by atoms with Crippen LogP contribution in [0.4, 0.5) is 15.9 Å². The van der Waals surface area contributed by atoms with Gasteiger partial charge in [0.05, 0.1) is 29.0 Å². The Morgan fingerprint density at radius 2 is 2.00 bits per heavy atom. The lowest BCUT2D eigenvalue weighted by molar-refractivity contribution is 0.404. The number of rotatable bonds is 1. The third-order valence-corrected chi connectivity index (χ3v) is 6.38. The van der Waals surface area contributed by atoms with Gasteiger partial charge in [-0.25, -0.2) is 4.39 Å². The predicted octanol–water partition coefficient (Wildman–Crippen LogP) is 4.21. The highest BCUT2D eigenvalue weighted by Crippen LogP contribution is 2.55. The number of aromatic nitrogens is 4. The molecule has 0 amide bonds. The van der Waals surface area contributed by atoms with E-state index in [9.17, 15) is 4.39 Å². The topological polar surface area (TPSA) is 95.4 Å². The monoisotopic (exact) mass is 362 g/mol. The van der Waals surface area contributed by atoms with Crippen LogP contribution in [0.2, 0.25) is 0 Å². The fourth-order valence-corrected chi connectivity index (χ4v) is 5.20. The standard InChI is InChI=1S/C20H19FN6/c21-14-7-16-13(8-23-25-16)17-10-2-1-3-11(10)18(24-19(14)17)9-4-5-15-12(6-9)20(22)27-26-15/h4-8,10-11,18,24H,1-3H2,(H,23,25)(H3,22,26,27)/t10?,11?,18-/m0/s1. The smallest absolute Gasteiger partial charge is 0.153 e. The molecule has 27 heavy (non-hydrogen) atoms. The van der Waals surface area contributed by atoms with Crippen LogP contribution in [0, 0.1) is 11.7 Å². The highest BCUT2D eigenvalue weighted by atomic mass is 19.1. The zero-order valence-electron chi connectivity index (χ0n) is 14.6. The molecule has 3 heterocycles. The van der Waals surface area contributed by atoms with E-state index in [1.807, 2.05) is 12.3 Å². The molecule has 5 N–H and O–H groups in total. The van der Waals surface area contributed by atoms with Crippen LogP contribution in [-0.4, -0.2) is 20.4 Å². The minimum absolute atomic E-state index is 0.0579. The van der Waals surface area contributed by atoms with Gasteiger partial charge in [0, 0.05) is 16.8 Å². The summed E-state index contributed by atoms with van der Waals surface area (Å²) in [6, 6.07) is 7.78. The van der Waals surface area contributed by atoms with Crippen molar-refractivity contribution in [2.45, 2.75) is 31.2 Å². The summed E-state index contributed by atoms with van der Waals surface area (Å²) < 4.78 is 14.9. The first-order valence-corrected chi connectivity index (χ1v) is 9.36. The van der Waals surface area contributed by atoms with Crippen molar-refractivity contribution in [1.29, 1.82) is 0 Å². The van der Waals surface area contributed by atoms with Crippen LogP contribution in [0.3, 0.4) is 0 Å². The number of benzene rings is 2. The van der Waals surface area contributed by atoms with Gasteiger partial charge in [0.1, 0.15) is 5.82 Å². The van der Waals surface area contributed by atoms with Gasteiger partial charge in [-0.3, -0.25) is 10.2 Å². The molecule has 2 aliphatic rings. The number of hydrogen-bond donors (Lipinski definition) is 4. The summed E-state index contributed by atoms with van der Waals surface area (Å²) in [5.41, 5.74) is 10.5. The maximum Gasteiger partial charge on any atom is 0.153 e. The minimum Gasteiger partial charge on any atom is -0.382 e. The van der Waals surface area contributed by atoms with Gasteiger partial charge >= 0.3 is 0 Å². The number of aromatic amines is 2. The molecule has 1 fully saturated rings. The number of nitrogens with zero attached hydrogens (tertiary/aromatic N) is 2. The van der Waals surface area contributed by atoms with Crippen LogP contribution in [0.5, 0.6) is 0 Å². The van der Waals surface area contributed by atoms with Gasteiger partial charge in [-0.1, -0.05) is 12.5 Å². The first-order chi connectivity index (χ1) is 13.2. The number of fused-ring (bicyclic) bond motifs is 6. The SMILES string of the molecule is Nc1n[nH]c2ccc([C@@H]3Nc4c(F)cc5[nH]ncc5c4C4CCCC43)cc12. The Labute approximate surface area is 154 Å². The van der Waals surface area contributed by atoms with E-state index < -0.39 is 0 Å². The van der Waals surface area contributed by atoms with E-state index >= 15 is 0 Å². The lowest BCUT2D eigenvalue weighted by Gasteiger charge is -2.38. The Kier molecular flexibility index (Phi) is 2.90. The molecular weight excluding hydrogens is 343 g/mol. The van der Waals surface area contributed by atoms with Gasteiger partial charge in [-0.2, -0.15) is 10.2 Å². The average molecular weight is 362 g/mol. The molecule has 0 bridgehead atoms. The molecule has 1 aliphatic carbocycles. The van der Waals surface area contributed by atoms with Gasteiger partial charge < -0.3 is 11.1 Å². The van der Waals surface area contributed by atoms with Crippen LogP contribution < -0.4 is 11.1 Å². The second-order valence-corrected chi connectivity index (χ2v) is 7.72. The molecule has 136 valence electrons. The van der Waals surface area contributed by atoms with Crippen LogP contribution >= 0.6 is 0 Å². The van der Waals surface area contributed by atoms with Crippen molar-refractivity contribution in [2.24, 2.45) is 5.92 Å². The van der Waals surface area contributed by atoms with Gasteiger partial charge in [0.2, 0.25) is 0 Å². The summed E-state index contributed by atoms with van der Waals surface area (Å²) in [5.74, 6) is 1.03. The zero-order chi connectivity index (χ0) is 18.1. The van der Waals surface area contributed by atoms with E-state index in [-0.39, 0.29) is 11.9 Å². The Morgan fingerprint density at radius 3 is 2.93 bits per heavy atom. The molecule has 1 aliphatic heterocycles. The van der Waals surface area contributed by atoms with Gasteiger partial charge in [0.15, 0.2) is 5.82 Å². The number of nitrogen functional groups attached to an aromatic ring is 1. The van der Waals surface area contributed by atoms with Gasteiger partial charge in [-0.15, -0.1) is 0 Å². The first-order valence-electron chi connectivity index (χ1n) is 9.36. The number of nitrogens with two attached hydrogens (primary N) is 1. The second-order valence-electron chi connectivity index (χ2n) is 7.72. The largest absolute Gasteiger partial charge is 0.382 e. The normalized spacial score (nSPS) is 24.1. The highest BCUT2D eigenvalue weighted by molar-refractivity contribution is 5.90. The van der Waals surface area contributed by atoms with Crippen molar-refractivity contribution in [3.63, 3.8) is 0 Å². The van der Waals surface area contributed by atoms with Crippen LogP contribution in [0.15, 0.2) is 30.5 Å². The molecule has 2 aromatic heterocycles. The van der Waals surface area contributed by atoms with E-state index in [1.165, 1.54) is 6.07 Å². The zero-order valence-corrected chi connectivity index (χ0v) is 14.6. The van der Waals surface area contributed by atoms with Crippen molar-refractivity contribution >= 4 is 33.3 Å². The maximum absolute atomic E-state index is 14.9. The van der Waals surface area contributed by atoms with Crippen molar-refractivity contribution in [1.82, 2.24) is 20.4 Å². The van der Waals surface area contributed by atoms with Crippen molar-refractivity contribution < 1.29 is 4.39 Å². The predicted molar refractivity (Wildman–Crippen MR) is 103 cm³/mol. The first kappa shape index (κ1) is 15.0. The van der Waals surface area contributed by atoms with Crippen molar-refractivity contribution in [3.05, 3.63) is 47.4 Å². The molecule has 4 aromatic rings. The molecule has 6 rings (SSSR count). The van der Waals surface area contributed by atoms with E-state index in [4.69, 9.17) is 5.73 Å². The summed E-state index contributed by atoms with van der Waals surface area (Å²) in [6.07, 6.45) is 5.17. The van der Waals surface area contributed by atoms with Gasteiger partial charge in [-0.05, 0) is 47.9 Å². The molecule has 0 spiro atoms. The summed E-state index contributed by atoms with van der Waals surface area (Å²) in [4.78, 5) is 0. The van der Waals surface area contributed by atoms with Gasteiger partial charge in [0.25, 0.3) is 0 Å². The van der Waals surface area contributed by atoms with Crippen molar-refractivity contribution in [3.8, 4) is 0 Å². The number of anilines is 2. The number of hydrogen-bond acceptors (Lipinski definition) is 4. The molecule has 6 nitrogen and oxygen atoms in total. The summed E-state index contributed by atoms with van der Waals surface area (Å²) >= 11 is 0. The van der Waals surface area contributed by atoms with Crippen LogP contribution in [0.25, 0.3) is 21.8 Å². The lowest BCUT2D eigenvalue weighted by Crippen LogP contribution is -2.29. The molecule has 0 saturated heterocycles. The summed E-state index contributed by atoms with van der Waals surface area (Å²) in [6.45, 7) is 0. The highest BCUT2D eigenvalue weighted by Gasteiger charge is 2.42. The number of halogens is 1. The minimum atomic E-state index is -0.221. The molecular formula is C20H19FN6. The third kappa shape index (κ3) is 1.99.